The lowest BCUT2D eigenvalue weighted by atomic mass is 10.0. The van der Waals surface area contributed by atoms with Gasteiger partial charge in [0.05, 0.1) is 0 Å². The Labute approximate surface area is 127 Å². The van der Waals surface area contributed by atoms with Crippen LogP contribution in [0.3, 0.4) is 0 Å². The number of fused-ring (bicyclic) bond motifs is 3. The van der Waals surface area contributed by atoms with Gasteiger partial charge in [0.2, 0.25) is 0 Å². The van der Waals surface area contributed by atoms with Crippen molar-refractivity contribution in [3.8, 4) is 11.1 Å². The first-order valence-corrected chi connectivity index (χ1v) is 7.32. The predicted molar refractivity (Wildman–Crippen MR) is 91.2 cm³/mol. The number of benzene rings is 2. The van der Waals surface area contributed by atoms with Crippen LogP contribution >= 0.6 is 0 Å². The summed E-state index contributed by atoms with van der Waals surface area (Å²) >= 11 is 0. The van der Waals surface area contributed by atoms with Gasteiger partial charge in [-0.3, -0.25) is 9.36 Å². The summed E-state index contributed by atoms with van der Waals surface area (Å²) < 4.78 is 1.70. The Morgan fingerprint density at radius 1 is 0.955 bits per heavy atom. The highest BCUT2D eigenvalue weighted by atomic mass is 16.1. The zero-order valence-electron chi connectivity index (χ0n) is 12.6. The third-order valence-electron chi connectivity index (χ3n) is 4.22. The third-order valence-corrected chi connectivity index (χ3v) is 4.22. The zero-order valence-corrected chi connectivity index (χ0v) is 12.6. The molecule has 108 valence electrons. The molecule has 0 bridgehead atoms. The molecule has 4 aromatic rings. The van der Waals surface area contributed by atoms with Gasteiger partial charge < -0.3 is 4.98 Å². The van der Waals surface area contributed by atoms with Crippen LogP contribution in [0.5, 0.6) is 0 Å². The molecule has 0 spiro atoms. The van der Waals surface area contributed by atoms with E-state index in [1.165, 1.54) is 5.56 Å². The maximum atomic E-state index is 12.7. The van der Waals surface area contributed by atoms with E-state index in [0.717, 1.165) is 33.1 Å². The van der Waals surface area contributed by atoms with E-state index in [9.17, 15) is 4.79 Å². The van der Waals surface area contributed by atoms with Crippen LogP contribution in [0, 0.1) is 6.92 Å². The maximum Gasteiger partial charge on any atom is 0.259 e. The number of aromatic amines is 1. The molecule has 0 aliphatic rings. The summed E-state index contributed by atoms with van der Waals surface area (Å²) in [5, 5.41) is 2.24. The van der Waals surface area contributed by atoms with Gasteiger partial charge >= 0.3 is 0 Å². The molecule has 0 saturated carbocycles. The molecule has 0 radical (unpaired) electrons. The van der Waals surface area contributed by atoms with Crippen LogP contribution in [0.15, 0.2) is 59.4 Å². The fraction of sp³-hybridized carbons (Fsp3) is 0.105. The van der Waals surface area contributed by atoms with Crippen LogP contribution in [0.1, 0.15) is 5.56 Å². The summed E-state index contributed by atoms with van der Waals surface area (Å²) in [7, 11) is 1.82. The number of H-pyrrole nitrogens is 1. The lowest BCUT2D eigenvalue weighted by Crippen LogP contribution is -2.18. The second-order valence-electron chi connectivity index (χ2n) is 5.72. The van der Waals surface area contributed by atoms with Gasteiger partial charge in [-0.2, -0.15) is 0 Å². The fourth-order valence-electron chi connectivity index (χ4n) is 3.04. The molecule has 3 nitrogen and oxygen atoms in total. The molecule has 0 fully saturated rings. The highest BCUT2D eigenvalue weighted by Gasteiger charge is 2.12. The third kappa shape index (κ3) is 1.79. The minimum Gasteiger partial charge on any atom is -0.341 e. The van der Waals surface area contributed by atoms with Gasteiger partial charge in [0.1, 0.15) is 5.65 Å². The Morgan fingerprint density at radius 3 is 2.50 bits per heavy atom. The smallest absolute Gasteiger partial charge is 0.259 e. The van der Waals surface area contributed by atoms with Gasteiger partial charge in [0, 0.05) is 28.9 Å². The largest absolute Gasteiger partial charge is 0.341 e. The molecule has 0 saturated heterocycles. The van der Waals surface area contributed by atoms with Gasteiger partial charge in [-0.25, -0.2) is 0 Å². The van der Waals surface area contributed by atoms with E-state index < -0.39 is 0 Å². The minimum atomic E-state index is 0.0157. The van der Waals surface area contributed by atoms with Crippen LogP contribution < -0.4 is 5.56 Å². The molecule has 1 N–H and O–H groups in total. The number of rotatable bonds is 1. The summed E-state index contributed by atoms with van der Waals surface area (Å²) in [5.74, 6) is 0. The number of nitrogens with one attached hydrogen (secondary N) is 1. The number of hydrogen-bond donors (Lipinski definition) is 1. The molecule has 2 aromatic heterocycles. The molecule has 2 aromatic carbocycles. The van der Waals surface area contributed by atoms with Gasteiger partial charge in [0.25, 0.3) is 5.56 Å². The van der Waals surface area contributed by atoms with E-state index in [-0.39, 0.29) is 5.56 Å². The normalized spacial score (nSPS) is 11.4. The second-order valence-corrected chi connectivity index (χ2v) is 5.72. The monoisotopic (exact) mass is 288 g/mol. The highest BCUT2D eigenvalue weighted by molar-refractivity contribution is 6.07. The van der Waals surface area contributed by atoms with Crippen molar-refractivity contribution < 1.29 is 0 Å². The molecular weight excluding hydrogens is 272 g/mol. The first kappa shape index (κ1) is 12.9. The topological polar surface area (TPSA) is 37.8 Å². The quantitative estimate of drug-likeness (QED) is 0.565. The average Bonchev–Trinajstić information content (AvgIpc) is 2.90. The Bertz CT molecular complexity index is 1060. The van der Waals surface area contributed by atoms with E-state index in [0.29, 0.717) is 0 Å². The summed E-state index contributed by atoms with van der Waals surface area (Å²) in [6.45, 7) is 2.08. The van der Waals surface area contributed by atoms with E-state index in [4.69, 9.17) is 0 Å². The molecule has 0 atom stereocenters. The molecule has 0 unspecified atom stereocenters. The Hall–Kier alpha value is -2.81. The minimum absolute atomic E-state index is 0.0157. The lowest BCUT2D eigenvalue weighted by Gasteiger charge is -2.06. The number of nitrogens with zero attached hydrogens (tertiary/aromatic N) is 1. The average molecular weight is 288 g/mol. The lowest BCUT2D eigenvalue weighted by molar-refractivity contribution is 0.896. The Balaban J connectivity index is 2.16. The van der Waals surface area contributed by atoms with Crippen molar-refractivity contribution in [2.24, 2.45) is 7.05 Å². The molecule has 22 heavy (non-hydrogen) atoms. The molecular formula is C19H16N2O. The van der Waals surface area contributed by atoms with E-state index >= 15 is 0 Å². The molecule has 3 heteroatoms. The number of pyridine rings is 1. The van der Waals surface area contributed by atoms with Crippen molar-refractivity contribution in [3.63, 3.8) is 0 Å². The highest BCUT2D eigenvalue weighted by Crippen LogP contribution is 2.28. The van der Waals surface area contributed by atoms with Crippen molar-refractivity contribution in [1.82, 2.24) is 9.55 Å². The summed E-state index contributed by atoms with van der Waals surface area (Å²) in [6, 6.07) is 18.1. The number of aryl methyl sites for hydroxylation is 2. The van der Waals surface area contributed by atoms with Gasteiger partial charge in [-0.15, -0.1) is 0 Å². The van der Waals surface area contributed by atoms with Crippen LogP contribution in [-0.4, -0.2) is 9.55 Å². The summed E-state index contributed by atoms with van der Waals surface area (Å²) in [4.78, 5) is 16.0. The molecule has 0 aliphatic carbocycles. The van der Waals surface area contributed by atoms with E-state index in [1.54, 1.807) is 4.57 Å². The standard InChI is InChI=1S/C19H16N2O/c1-12-8-9-17-15(10-12)16-11-14(13-6-4-3-5-7-13)19(22)21(2)18(16)20-17/h3-11,20H,1-2H3. The number of aromatic nitrogens is 2. The van der Waals surface area contributed by atoms with E-state index in [1.807, 2.05) is 43.4 Å². The molecule has 0 amide bonds. The SMILES string of the molecule is Cc1ccc2[nH]c3c(cc(-c4ccccc4)c(=O)n3C)c2c1. The van der Waals surface area contributed by atoms with Crippen LogP contribution in [0.2, 0.25) is 0 Å². The summed E-state index contributed by atoms with van der Waals surface area (Å²) in [6.07, 6.45) is 0. The Kier molecular flexibility index (Phi) is 2.70. The fourth-order valence-corrected chi connectivity index (χ4v) is 3.04. The first-order valence-electron chi connectivity index (χ1n) is 7.32. The van der Waals surface area contributed by atoms with Gasteiger partial charge in [-0.1, -0.05) is 42.0 Å². The van der Waals surface area contributed by atoms with Crippen molar-refractivity contribution in [2.75, 3.05) is 0 Å². The van der Waals surface area contributed by atoms with Crippen LogP contribution in [0.4, 0.5) is 0 Å². The Morgan fingerprint density at radius 2 is 1.73 bits per heavy atom. The summed E-state index contributed by atoms with van der Waals surface area (Å²) in [5.41, 5.74) is 4.83. The van der Waals surface area contributed by atoms with Crippen LogP contribution in [0.25, 0.3) is 33.1 Å². The number of hydrogen-bond acceptors (Lipinski definition) is 1. The van der Waals surface area contributed by atoms with Gasteiger partial charge in [-0.05, 0) is 30.7 Å². The van der Waals surface area contributed by atoms with Crippen molar-refractivity contribution >= 4 is 21.9 Å². The maximum absolute atomic E-state index is 12.7. The van der Waals surface area contributed by atoms with Crippen molar-refractivity contribution in [3.05, 3.63) is 70.5 Å². The molecule has 4 rings (SSSR count). The zero-order chi connectivity index (χ0) is 15.3. The van der Waals surface area contributed by atoms with Gasteiger partial charge in [0.15, 0.2) is 0 Å². The van der Waals surface area contributed by atoms with Crippen LogP contribution in [-0.2, 0) is 7.05 Å². The van der Waals surface area contributed by atoms with Crippen molar-refractivity contribution in [1.29, 1.82) is 0 Å². The first-order chi connectivity index (χ1) is 10.6. The van der Waals surface area contributed by atoms with Crippen molar-refractivity contribution in [2.45, 2.75) is 6.92 Å². The molecule has 0 aliphatic heterocycles. The van der Waals surface area contributed by atoms with E-state index in [2.05, 4.69) is 30.1 Å². The molecule has 2 heterocycles. The second kappa shape index (κ2) is 4.60. The predicted octanol–water partition coefficient (Wildman–Crippen LogP) is 4.00.